The Balaban J connectivity index is 1.66. The lowest BCUT2D eigenvalue weighted by molar-refractivity contribution is 0.326. The number of benzene rings is 1. The van der Waals surface area contributed by atoms with Crippen LogP contribution in [0.4, 0.5) is 15.8 Å². The number of nitrogens with zero attached hydrogens (tertiary/aromatic N) is 1. The summed E-state index contributed by atoms with van der Waals surface area (Å²) in [5.41, 5.74) is 0.727. The molecule has 1 saturated carbocycles. The quantitative estimate of drug-likeness (QED) is 0.871. The molecule has 0 bridgehead atoms. The Morgan fingerprint density at radius 1 is 1.29 bits per heavy atom. The molecule has 5 nitrogen and oxygen atoms in total. The van der Waals surface area contributed by atoms with Gasteiger partial charge in [-0.25, -0.2) is 12.8 Å². The second-order valence-corrected chi connectivity index (χ2v) is 7.67. The minimum Gasteiger partial charge on any atom is -0.381 e. The Labute approximate surface area is 124 Å². The highest BCUT2D eigenvalue weighted by molar-refractivity contribution is 7.92. The first-order valence-corrected chi connectivity index (χ1v) is 9.08. The maximum absolute atomic E-state index is 13.6. The van der Waals surface area contributed by atoms with Gasteiger partial charge in [0.1, 0.15) is 5.82 Å². The van der Waals surface area contributed by atoms with Crippen molar-refractivity contribution < 1.29 is 12.8 Å². The summed E-state index contributed by atoms with van der Waals surface area (Å²) in [7, 11) is -3.48. The molecule has 2 aliphatic rings. The molecule has 7 heteroatoms. The zero-order chi connectivity index (χ0) is 15.0. The van der Waals surface area contributed by atoms with Gasteiger partial charge in [-0.1, -0.05) is 0 Å². The van der Waals surface area contributed by atoms with Crippen molar-refractivity contribution in [3.63, 3.8) is 0 Å². The van der Waals surface area contributed by atoms with Crippen LogP contribution in [0.25, 0.3) is 0 Å². The smallest absolute Gasteiger partial charge is 0.229 e. The van der Waals surface area contributed by atoms with Gasteiger partial charge in [0.05, 0.1) is 11.9 Å². The zero-order valence-electron chi connectivity index (χ0n) is 12.0. The van der Waals surface area contributed by atoms with E-state index >= 15 is 0 Å². The number of likely N-dealkylation sites (tertiary alicyclic amines) is 1. The van der Waals surface area contributed by atoms with Crippen LogP contribution in [0.15, 0.2) is 18.2 Å². The van der Waals surface area contributed by atoms with E-state index in [4.69, 9.17) is 0 Å². The molecule has 2 N–H and O–H groups in total. The Bertz CT molecular complexity index is 631. The van der Waals surface area contributed by atoms with Crippen molar-refractivity contribution in [3.05, 3.63) is 24.0 Å². The van der Waals surface area contributed by atoms with Crippen molar-refractivity contribution >= 4 is 21.4 Å². The van der Waals surface area contributed by atoms with E-state index in [0.717, 1.165) is 37.5 Å². The fraction of sp³-hybridized carbons (Fsp3) is 0.571. The number of hydrogen-bond acceptors (Lipinski definition) is 4. The summed E-state index contributed by atoms with van der Waals surface area (Å²) in [6.45, 7) is 2.09. The molecule has 0 radical (unpaired) electrons. The fourth-order valence-corrected chi connectivity index (χ4v) is 3.36. The Morgan fingerprint density at radius 2 is 2.05 bits per heavy atom. The molecule has 1 aliphatic carbocycles. The van der Waals surface area contributed by atoms with Crippen LogP contribution in [0.3, 0.4) is 0 Å². The Morgan fingerprint density at radius 3 is 2.71 bits per heavy atom. The number of halogens is 1. The summed E-state index contributed by atoms with van der Waals surface area (Å²) in [5.74, 6) is -0.572. The molecule has 0 amide bonds. The molecule has 116 valence electrons. The Kier molecular flexibility index (Phi) is 3.79. The molecule has 1 aliphatic heterocycles. The van der Waals surface area contributed by atoms with Crippen LogP contribution in [0.5, 0.6) is 0 Å². The van der Waals surface area contributed by atoms with E-state index in [2.05, 4.69) is 14.9 Å². The van der Waals surface area contributed by atoms with Crippen molar-refractivity contribution in [1.29, 1.82) is 0 Å². The number of anilines is 2. The molecule has 1 saturated heterocycles. The van der Waals surface area contributed by atoms with Gasteiger partial charge < -0.3 is 5.32 Å². The van der Waals surface area contributed by atoms with Crippen LogP contribution < -0.4 is 10.0 Å². The van der Waals surface area contributed by atoms with E-state index in [0.29, 0.717) is 6.04 Å². The van der Waals surface area contributed by atoms with E-state index in [1.807, 2.05) is 0 Å². The number of sulfonamides is 1. The second-order valence-electron chi connectivity index (χ2n) is 5.92. The number of nitrogens with one attached hydrogen (secondary N) is 2. The molecule has 3 rings (SSSR count). The van der Waals surface area contributed by atoms with E-state index in [1.54, 1.807) is 6.07 Å². The van der Waals surface area contributed by atoms with Crippen molar-refractivity contribution in [2.24, 2.45) is 0 Å². The van der Waals surface area contributed by atoms with Crippen molar-refractivity contribution in [2.45, 2.75) is 31.3 Å². The molecule has 21 heavy (non-hydrogen) atoms. The standard InChI is InChI=1S/C14H20FN3O2S/c1-21(19,20)17-14-8-10(2-5-13(14)15)16-11-6-7-18(9-11)12-3-4-12/h2,5,8,11-12,16-17H,3-4,6-7,9H2,1H3. The summed E-state index contributed by atoms with van der Waals surface area (Å²) in [6.07, 6.45) is 4.66. The number of hydrogen-bond donors (Lipinski definition) is 2. The summed E-state index contributed by atoms with van der Waals surface area (Å²) in [4.78, 5) is 2.48. The fourth-order valence-electron chi connectivity index (χ4n) is 2.81. The van der Waals surface area contributed by atoms with E-state index in [-0.39, 0.29) is 5.69 Å². The van der Waals surface area contributed by atoms with Gasteiger partial charge in [0, 0.05) is 30.9 Å². The molecular weight excluding hydrogens is 293 g/mol. The highest BCUT2D eigenvalue weighted by atomic mass is 32.2. The first kappa shape index (κ1) is 14.6. The summed E-state index contributed by atoms with van der Waals surface area (Å²) >= 11 is 0. The van der Waals surface area contributed by atoms with Crippen LogP contribution in [-0.2, 0) is 10.0 Å². The predicted octanol–water partition coefficient (Wildman–Crippen LogP) is 1.85. The van der Waals surface area contributed by atoms with Crippen LogP contribution >= 0.6 is 0 Å². The monoisotopic (exact) mass is 313 g/mol. The first-order chi connectivity index (χ1) is 9.90. The van der Waals surface area contributed by atoms with E-state index in [1.165, 1.54) is 25.0 Å². The van der Waals surface area contributed by atoms with Gasteiger partial charge in [-0.3, -0.25) is 9.62 Å². The van der Waals surface area contributed by atoms with E-state index in [9.17, 15) is 12.8 Å². The maximum atomic E-state index is 13.6. The average molecular weight is 313 g/mol. The normalized spacial score (nSPS) is 23.2. The van der Waals surface area contributed by atoms with Crippen molar-refractivity contribution in [2.75, 3.05) is 29.4 Å². The van der Waals surface area contributed by atoms with Gasteiger partial charge >= 0.3 is 0 Å². The van der Waals surface area contributed by atoms with Gasteiger partial charge in [-0.15, -0.1) is 0 Å². The molecule has 1 aromatic rings. The summed E-state index contributed by atoms with van der Waals surface area (Å²) in [5, 5.41) is 3.36. The van der Waals surface area contributed by atoms with Gasteiger partial charge in [-0.2, -0.15) is 0 Å². The highest BCUT2D eigenvalue weighted by Crippen LogP contribution is 2.31. The lowest BCUT2D eigenvalue weighted by atomic mass is 10.2. The lowest BCUT2D eigenvalue weighted by Gasteiger charge is -2.17. The Hall–Kier alpha value is -1.34. The molecule has 1 atom stereocenters. The molecular formula is C14H20FN3O2S. The molecule has 1 unspecified atom stereocenters. The van der Waals surface area contributed by atoms with Crippen LogP contribution in [0.1, 0.15) is 19.3 Å². The lowest BCUT2D eigenvalue weighted by Crippen LogP contribution is -2.27. The largest absolute Gasteiger partial charge is 0.381 e. The topological polar surface area (TPSA) is 61.4 Å². The predicted molar refractivity (Wildman–Crippen MR) is 81.5 cm³/mol. The van der Waals surface area contributed by atoms with Gasteiger partial charge in [0.15, 0.2) is 0 Å². The molecule has 1 heterocycles. The van der Waals surface area contributed by atoms with Crippen LogP contribution in [-0.4, -0.2) is 44.7 Å². The maximum Gasteiger partial charge on any atom is 0.229 e. The molecule has 0 aromatic heterocycles. The van der Waals surface area contributed by atoms with Crippen molar-refractivity contribution in [3.8, 4) is 0 Å². The summed E-state index contributed by atoms with van der Waals surface area (Å²) in [6, 6.07) is 5.52. The third-order valence-corrected chi connectivity index (χ3v) is 4.51. The number of rotatable bonds is 5. The summed E-state index contributed by atoms with van der Waals surface area (Å²) < 4.78 is 38.3. The minimum atomic E-state index is -3.48. The van der Waals surface area contributed by atoms with Crippen molar-refractivity contribution in [1.82, 2.24) is 4.90 Å². The average Bonchev–Trinajstić information content (AvgIpc) is 3.13. The van der Waals surface area contributed by atoms with Crippen LogP contribution in [0.2, 0.25) is 0 Å². The van der Waals surface area contributed by atoms with E-state index < -0.39 is 15.8 Å². The van der Waals surface area contributed by atoms with Gasteiger partial charge in [0.2, 0.25) is 10.0 Å². The molecule has 1 aromatic carbocycles. The zero-order valence-corrected chi connectivity index (χ0v) is 12.8. The van der Waals surface area contributed by atoms with Gasteiger partial charge in [0.25, 0.3) is 0 Å². The SMILES string of the molecule is CS(=O)(=O)Nc1cc(NC2CCN(C3CC3)C2)ccc1F. The third-order valence-electron chi connectivity index (χ3n) is 3.92. The van der Waals surface area contributed by atoms with Gasteiger partial charge in [-0.05, 0) is 37.5 Å². The second kappa shape index (κ2) is 5.46. The third kappa shape index (κ3) is 3.85. The molecule has 0 spiro atoms. The minimum absolute atomic E-state index is 0.0143. The molecule has 2 fully saturated rings. The highest BCUT2D eigenvalue weighted by Gasteiger charge is 2.34. The first-order valence-electron chi connectivity index (χ1n) is 7.19. The van der Waals surface area contributed by atoms with Crippen LogP contribution in [0, 0.1) is 5.82 Å².